The maximum absolute atomic E-state index is 11.7. The van der Waals surface area contributed by atoms with Gasteiger partial charge < -0.3 is 10.1 Å². The molecular weight excluding hydrogens is 226 g/mol. The topological polar surface area (TPSA) is 38.3 Å². The van der Waals surface area contributed by atoms with Gasteiger partial charge in [0.2, 0.25) is 5.91 Å². The van der Waals surface area contributed by atoms with Crippen LogP contribution in [0.15, 0.2) is 23.3 Å². The molecule has 0 radical (unpaired) electrons. The molecule has 1 unspecified atom stereocenters. The number of rotatable bonds is 6. The van der Waals surface area contributed by atoms with E-state index in [4.69, 9.17) is 4.74 Å². The van der Waals surface area contributed by atoms with Crippen molar-refractivity contribution < 1.29 is 11.0 Å². The number of nitrogens with one attached hydrogen (secondary N) is 1. The maximum Gasteiger partial charge on any atom is 0.243 e. The average Bonchev–Trinajstić information content (AvgIpc) is 2.78. The quantitative estimate of drug-likeness (QED) is 0.583. The molecule has 1 saturated heterocycles. The average molecular weight is 253 g/mol. The molecule has 0 spiro atoms. The van der Waals surface area contributed by atoms with E-state index in [2.05, 4.69) is 25.2 Å². The van der Waals surface area contributed by atoms with Crippen LogP contribution in [0.2, 0.25) is 0 Å². The predicted molar refractivity (Wildman–Crippen MR) is 76.5 cm³/mol. The van der Waals surface area contributed by atoms with Crippen molar-refractivity contribution in [3.63, 3.8) is 0 Å². The van der Waals surface area contributed by atoms with Crippen molar-refractivity contribution in [2.75, 3.05) is 19.8 Å². The zero-order valence-corrected chi connectivity index (χ0v) is 11.8. The molecule has 104 valence electrons. The van der Waals surface area contributed by atoms with Crippen molar-refractivity contribution in [1.82, 2.24) is 5.32 Å². The van der Waals surface area contributed by atoms with Crippen molar-refractivity contribution in [1.29, 1.82) is 0 Å². The van der Waals surface area contributed by atoms with Gasteiger partial charge in [0.1, 0.15) is 0 Å². The Morgan fingerprint density at radius 3 is 2.83 bits per heavy atom. The second kappa shape index (κ2) is 8.09. The fourth-order valence-electron chi connectivity index (χ4n) is 1.92. The van der Waals surface area contributed by atoms with Crippen molar-refractivity contribution in [2.24, 2.45) is 5.92 Å². The minimum absolute atomic E-state index is 0. The van der Waals surface area contributed by atoms with Crippen LogP contribution in [0.4, 0.5) is 0 Å². The molecule has 0 aromatic carbocycles. The lowest BCUT2D eigenvalue weighted by Crippen LogP contribution is -2.28. The van der Waals surface area contributed by atoms with Crippen molar-refractivity contribution in [3.8, 4) is 0 Å². The van der Waals surface area contributed by atoms with Gasteiger partial charge in [-0.3, -0.25) is 4.79 Å². The third-order valence-corrected chi connectivity index (χ3v) is 3.06. The summed E-state index contributed by atoms with van der Waals surface area (Å²) in [5, 5.41) is 2.94. The normalized spacial score (nSPS) is 19.7. The van der Waals surface area contributed by atoms with E-state index in [9.17, 15) is 4.79 Å². The molecule has 1 rings (SSSR count). The van der Waals surface area contributed by atoms with Crippen LogP contribution in [0.5, 0.6) is 0 Å². The molecule has 0 aliphatic carbocycles. The number of allylic oxidation sites excluding steroid dienone is 3. The Bertz CT molecular complexity index is 327. The number of hydrogen-bond acceptors (Lipinski definition) is 2. The highest BCUT2D eigenvalue weighted by molar-refractivity contribution is 5.88. The minimum Gasteiger partial charge on any atom is -0.381 e. The molecule has 3 nitrogen and oxygen atoms in total. The van der Waals surface area contributed by atoms with Gasteiger partial charge in [0, 0.05) is 26.6 Å². The van der Waals surface area contributed by atoms with Gasteiger partial charge in [-0.15, -0.1) is 0 Å². The van der Waals surface area contributed by atoms with E-state index in [0.29, 0.717) is 5.92 Å². The first kappa shape index (κ1) is 15.0. The summed E-state index contributed by atoms with van der Waals surface area (Å²) in [4.78, 5) is 11.7. The molecule has 0 aromatic heterocycles. The van der Waals surface area contributed by atoms with E-state index < -0.39 is 0 Å². The van der Waals surface area contributed by atoms with Gasteiger partial charge in [-0.05, 0) is 40.0 Å². The highest BCUT2D eigenvalue weighted by Gasteiger charge is 2.15. The first-order valence-electron chi connectivity index (χ1n) is 6.74. The first-order valence-corrected chi connectivity index (χ1v) is 6.74. The zero-order chi connectivity index (χ0) is 13.4. The Kier molecular flexibility index (Phi) is 6.73. The smallest absolute Gasteiger partial charge is 0.243 e. The number of carbonyl (C=O) groups is 1. The van der Waals surface area contributed by atoms with Gasteiger partial charge in [-0.2, -0.15) is 0 Å². The number of ether oxygens (including phenoxy) is 1. The number of carbonyl (C=O) groups excluding carboxylic acids is 1. The minimum atomic E-state index is 0. The second-order valence-corrected chi connectivity index (χ2v) is 5.29. The van der Waals surface area contributed by atoms with Crippen LogP contribution >= 0.6 is 0 Å². The number of amides is 1. The molecule has 1 heterocycles. The maximum atomic E-state index is 11.7. The van der Waals surface area contributed by atoms with Gasteiger partial charge in [-0.1, -0.05) is 17.2 Å². The van der Waals surface area contributed by atoms with E-state index in [-0.39, 0.29) is 7.33 Å². The Balaban J connectivity index is 0.00000324. The summed E-state index contributed by atoms with van der Waals surface area (Å²) in [6.07, 6.45) is 6.93. The van der Waals surface area contributed by atoms with Crippen LogP contribution in [0.3, 0.4) is 0 Å². The van der Waals surface area contributed by atoms with E-state index in [1.165, 1.54) is 5.57 Å². The van der Waals surface area contributed by atoms with Gasteiger partial charge >= 0.3 is 0 Å². The largest absolute Gasteiger partial charge is 0.381 e. The zero-order valence-electron chi connectivity index (χ0n) is 11.8. The summed E-state index contributed by atoms with van der Waals surface area (Å²) in [7, 11) is 0. The highest BCUT2D eigenvalue weighted by atomic mass is 16.5. The molecule has 1 aliphatic heterocycles. The summed E-state index contributed by atoms with van der Waals surface area (Å²) in [5.41, 5.74) is 2.46. The van der Waals surface area contributed by atoms with E-state index >= 15 is 0 Å². The molecule has 1 amide bonds. The summed E-state index contributed by atoms with van der Waals surface area (Å²) >= 11 is 0. The molecule has 0 saturated carbocycles. The second-order valence-electron chi connectivity index (χ2n) is 5.29. The monoisotopic (exact) mass is 253 g/mol. The van der Waals surface area contributed by atoms with Crippen molar-refractivity contribution in [3.05, 3.63) is 23.3 Å². The molecule has 1 N–H and O–H groups in total. The standard InChI is InChI=1S/C15H25NO2.H2/c1-12(2)5-4-6-13(3)9-15(17)16-10-14-7-8-18-11-14;/h5,9,14H,4,6-8,10-11H2,1-3H3,(H,16,17);1H/b13-9+;. The molecule has 1 fully saturated rings. The van der Waals surface area contributed by atoms with Gasteiger partial charge in [0.05, 0.1) is 6.61 Å². The molecule has 18 heavy (non-hydrogen) atoms. The lowest BCUT2D eigenvalue weighted by Gasteiger charge is -2.08. The molecular formula is C15H27NO2. The fraction of sp³-hybridized carbons (Fsp3) is 0.667. The third kappa shape index (κ3) is 6.60. The lowest BCUT2D eigenvalue weighted by atomic mass is 10.1. The molecule has 1 aliphatic rings. The van der Waals surface area contributed by atoms with Crippen molar-refractivity contribution in [2.45, 2.75) is 40.0 Å². The van der Waals surface area contributed by atoms with E-state index in [0.717, 1.165) is 44.6 Å². The van der Waals surface area contributed by atoms with E-state index in [1.807, 2.05) is 6.92 Å². The predicted octanol–water partition coefficient (Wildman–Crippen LogP) is 3.08. The van der Waals surface area contributed by atoms with Crippen molar-refractivity contribution >= 4 is 5.91 Å². The Morgan fingerprint density at radius 1 is 1.44 bits per heavy atom. The summed E-state index contributed by atoms with van der Waals surface area (Å²) in [6.45, 7) is 8.54. The molecule has 3 heteroatoms. The third-order valence-electron chi connectivity index (χ3n) is 3.06. The fourth-order valence-corrected chi connectivity index (χ4v) is 1.92. The van der Waals surface area contributed by atoms with E-state index in [1.54, 1.807) is 6.08 Å². The number of hydrogen-bond donors (Lipinski definition) is 1. The summed E-state index contributed by atoms with van der Waals surface area (Å²) in [5.74, 6) is 0.518. The summed E-state index contributed by atoms with van der Waals surface area (Å²) < 4.78 is 5.27. The SMILES string of the molecule is CC(C)=CCC/C(C)=C/C(=O)NCC1CCOC1.[HH]. The Labute approximate surface area is 112 Å². The van der Waals surface area contributed by atoms with Crippen LogP contribution in [-0.4, -0.2) is 25.7 Å². The van der Waals surface area contributed by atoms with Crippen LogP contribution in [0, 0.1) is 5.92 Å². The van der Waals surface area contributed by atoms with Crippen LogP contribution in [0.25, 0.3) is 0 Å². The highest BCUT2D eigenvalue weighted by Crippen LogP contribution is 2.11. The van der Waals surface area contributed by atoms with Crippen LogP contribution in [0.1, 0.15) is 41.5 Å². The van der Waals surface area contributed by atoms with Crippen LogP contribution < -0.4 is 5.32 Å². The Hall–Kier alpha value is -1.09. The first-order chi connectivity index (χ1) is 8.58. The Morgan fingerprint density at radius 2 is 2.22 bits per heavy atom. The van der Waals surface area contributed by atoms with Gasteiger partial charge in [0.15, 0.2) is 0 Å². The molecule has 0 aromatic rings. The van der Waals surface area contributed by atoms with Gasteiger partial charge in [-0.25, -0.2) is 0 Å². The molecule has 0 bridgehead atoms. The van der Waals surface area contributed by atoms with Gasteiger partial charge in [0.25, 0.3) is 0 Å². The molecule has 1 atom stereocenters. The van der Waals surface area contributed by atoms with Crippen LogP contribution in [-0.2, 0) is 9.53 Å². The summed E-state index contributed by atoms with van der Waals surface area (Å²) in [6, 6.07) is 0. The lowest BCUT2D eigenvalue weighted by molar-refractivity contribution is -0.116.